The lowest BCUT2D eigenvalue weighted by Crippen LogP contribution is -2.45. The molecule has 0 N–H and O–H groups in total. The van der Waals surface area contributed by atoms with Gasteiger partial charge >= 0.3 is 6.18 Å². The van der Waals surface area contributed by atoms with Gasteiger partial charge in [-0.25, -0.2) is 0 Å². The number of benzene rings is 1. The number of aryl methyl sites for hydroxylation is 1. The maximum absolute atomic E-state index is 13.0. The van der Waals surface area contributed by atoms with E-state index < -0.39 is 11.7 Å². The Bertz CT molecular complexity index is 436. The molecule has 1 saturated heterocycles. The number of rotatable bonds is 1. The average Bonchev–Trinajstić information content (AvgIpc) is 2.40. The van der Waals surface area contributed by atoms with E-state index in [1.165, 1.54) is 12.5 Å². The molecule has 1 aliphatic rings. The third-order valence-electron chi connectivity index (χ3n) is 3.30. The summed E-state index contributed by atoms with van der Waals surface area (Å²) in [4.78, 5) is 3.94. The summed E-state index contributed by atoms with van der Waals surface area (Å²) in [5.41, 5.74) is 0.424. The highest BCUT2D eigenvalue weighted by Crippen LogP contribution is 2.37. The van der Waals surface area contributed by atoms with Crippen LogP contribution in [0, 0.1) is 6.92 Å². The minimum absolute atomic E-state index is 0.307. The molecule has 1 fully saturated rings. The monoisotopic (exact) mass is 302 g/mol. The van der Waals surface area contributed by atoms with Crippen molar-refractivity contribution in [2.24, 2.45) is 0 Å². The molecule has 1 aromatic carbocycles. The van der Waals surface area contributed by atoms with Gasteiger partial charge in [0.25, 0.3) is 0 Å². The van der Waals surface area contributed by atoms with Gasteiger partial charge in [-0.05, 0) is 26.1 Å². The van der Waals surface area contributed by atoms with Crippen LogP contribution in [0.3, 0.4) is 0 Å². The molecular weight excluding hydrogens is 277 g/mol. The fourth-order valence-corrected chi connectivity index (χ4v) is 2.20. The van der Waals surface area contributed by atoms with Crippen molar-refractivity contribution in [2.75, 3.05) is 38.1 Å². The summed E-state index contributed by atoms with van der Waals surface area (Å²) in [6.45, 7) is 8.81. The molecule has 120 valence electrons. The molecule has 0 unspecified atom stereocenters. The molecule has 0 aromatic heterocycles. The number of hydrogen-bond donors (Lipinski definition) is 0. The summed E-state index contributed by atoms with van der Waals surface area (Å²) < 4.78 is 39.1. The first-order valence-electron chi connectivity index (χ1n) is 7.40. The Kier molecular flexibility index (Phi) is 6.52. The van der Waals surface area contributed by atoms with Crippen molar-refractivity contribution in [3.63, 3.8) is 0 Å². The van der Waals surface area contributed by atoms with Crippen LogP contribution >= 0.6 is 0 Å². The lowest BCUT2D eigenvalue weighted by Gasteiger charge is -2.35. The second kappa shape index (κ2) is 7.69. The Morgan fingerprint density at radius 1 is 1.05 bits per heavy atom. The van der Waals surface area contributed by atoms with Crippen LogP contribution in [-0.2, 0) is 6.18 Å². The first kappa shape index (κ1) is 17.8. The maximum atomic E-state index is 13.0. The minimum atomic E-state index is -4.29. The van der Waals surface area contributed by atoms with Gasteiger partial charge in [0.05, 0.1) is 5.56 Å². The summed E-state index contributed by atoms with van der Waals surface area (Å²) >= 11 is 0. The molecule has 1 aliphatic heterocycles. The summed E-state index contributed by atoms with van der Waals surface area (Å²) in [5.74, 6) is 0. The standard InChI is InChI=1S/C13H17F3N2.C3H8/c1-10-3-4-12(11(9-10)13(14,15)16)18-7-5-17(2)6-8-18;1-3-2/h3-4,9H,5-8H2,1-2H3;3H2,1-2H3. The number of alkyl halides is 3. The number of nitrogens with zero attached hydrogens (tertiary/aromatic N) is 2. The Labute approximate surface area is 125 Å². The van der Waals surface area contributed by atoms with Gasteiger partial charge in [0.15, 0.2) is 0 Å². The van der Waals surface area contributed by atoms with Gasteiger partial charge in [0.1, 0.15) is 0 Å². The topological polar surface area (TPSA) is 6.48 Å². The van der Waals surface area contributed by atoms with Gasteiger partial charge in [-0.2, -0.15) is 13.2 Å². The van der Waals surface area contributed by atoms with Crippen molar-refractivity contribution in [2.45, 2.75) is 33.4 Å². The van der Waals surface area contributed by atoms with E-state index in [9.17, 15) is 13.2 Å². The fraction of sp³-hybridized carbons (Fsp3) is 0.625. The zero-order chi connectivity index (χ0) is 16.0. The summed E-state index contributed by atoms with van der Waals surface area (Å²) in [5, 5.41) is 0. The number of halogens is 3. The van der Waals surface area contributed by atoms with E-state index in [0.29, 0.717) is 24.3 Å². The van der Waals surface area contributed by atoms with Crippen LogP contribution < -0.4 is 4.90 Å². The maximum Gasteiger partial charge on any atom is 0.418 e. The molecule has 1 heterocycles. The number of anilines is 1. The summed E-state index contributed by atoms with van der Waals surface area (Å²) in [6.07, 6.45) is -3.04. The molecule has 5 heteroatoms. The highest BCUT2D eigenvalue weighted by atomic mass is 19.4. The number of piperazine rings is 1. The molecule has 0 saturated carbocycles. The molecule has 0 radical (unpaired) electrons. The van der Waals surface area contributed by atoms with Gasteiger partial charge in [0.2, 0.25) is 0 Å². The van der Waals surface area contributed by atoms with Gasteiger partial charge in [-0.3, -0.25) is 0 Å². The van der Waals surface area contributed by atoms with Gasteiger partial charge in [-0.15, -0.1) is 0 Å². The lowest BCUT2D eigenvalue weighted by atomic mass is 10.1. The van der Waals surface area contributed by atoms with Gasteiger partial charge < -0.3 is 9.80 Å². The van der Waals surface area contributed by atoms with Crippen LogP contribution in [0.5, 0.6) is 0 Å². The quantitative estimate of drug-likeness (QED) is 0.768. The Morgan fingerprint density at radius 2 is 1.57 bits per heavy atom. The van der Waals surface area contributed by atoms with Gasteiger partial charge in [-0.1, -0.05) is 31.9 Å². The van der Waals surface area contributed by atoms with Crippen LogP contribution in [0.25, 0.3) is 0 Å². The van der Waals surface area contributed by atoms with Crippen molar-refractivity contribution in [3.05, 3.63) is 29.3 Å². The molecule has 1 aromatic rings. The highest BCUT2D eigenvalue weighted by molar-refractivity contribution is 5.56. The number of hydrogen-bond acceptors (Lipinski definition) is 2. The second-order valence-electron chi connectivity index (χ2n) is 5.52. The SMILES string of the molecule is CCC.Cc1ccc(N2CCN(C)CC2)c(C(F)(F)F)c1. The van der Waals surface area contributed by atoms with E-state index in [1.54, 1.807) is 19.1 Å². The zero-order valence-electron chi connectivity index (χ0n) is 13.3. The van der Waals surface area contributed by atoms with E-state index >= 15 is 0 Å². The third-order valence-corrected chi connectivity index (χ3v) is 3.30. The van der Waals surface area contributed by atoms with Crippen molar-refractivity contribution >= 4 is 5.69 Å². The molecule has 2 nitrogen and oxygen atoms in total. The molecule has 0 aliphatic carbocycles. The molecule has 0 spiro atoms. The fourth-order valence-electron chi connectivity index (χ4n) is 2.20. The van der Waals surface area contributed by atoms with E-state index in [1.807, 2.05) is 11.9 Å². The smallest absolute Gasteiger partial charge is 0.368 e. The van der Waals surface area contributed by atoms with Crippen molar-refractivity contribution in [1.82, 2.24) is 4.90 Å². The molecule has 2 rings (SSSR count). The Balaban J connectivity index is 0.000000677. The van der Waals surface area contributed by atoms with Crippen molar-refractivity contribution in [3.8, 4) is 0 Å². The van der Waals surface area contributed by atoms with Gasteiger partial charge in [0, 0.05) is 31.9 Å². The van der Waals surface area contributed by atoms with E-state index in [2.05, 4.69) is 18.7 Å². The molecule has 0 amide bonds. The number of likely N-dealkylation sites (N-methyl/N-ethyl adjacent to an activating group) is 1. The summed E-state index contributed by atoms with van der Waals surface area (Å²) in [6, 6.07) is 4.56. The minimum Gasteiger partial charge on any atom is -0.368 e. The first-order chi connectivity index (χ1) is 9.79. The Morgan fingerprint density at radius 3 is 2.05 bits per heavy atom. The third kappa shape index (κ3) is 5.23. The largest absolute Gasteiger partial charge is 0.418 e. The van der Waals surface area contributed by atoms with Crippen molar-refractivity contribution in [1.29, 1.82) is 0 Å². The molecular formula is C16H25F3N2. The molecule has 0 bridgehead atoms. The van der Waals surface area contributed by atoms with Crippen LogP contribution in [-0.4, -0.2) is 38.1 Å². The van der Waals surface area contributed by atoms with E-state index in [-0.39, 0.29) is 0 Å². The Hall–Kier alpha value is -1.23. The molecule has 0 atom stereocenters. The lowest BCUT2D eigenvalue weighted by molar-refractivity contribution is -0.137. The molecule has 21 heavy (non-hydrogen) atoms. The van der Waals surface area contributed by atoms with Crippen LogP contribution in [0.15, 0.2) is 18.2 Å². The predicted octanol–water partition coefficient (Wildman–Crippen LogP) is 4.18. The second-order valence-corrected chi connectivity index (χ2v) is 5.52. The van der Waals surface area contributed by atoms with E-state index in [0.717, 1.165) is 13.1 Å². The highest BCUT2D eigenvalue weighted by Gasteiger charge is 2.35. The first-order valence-corrected chi connectivity index (χ1v) is 7.40. The predicted molar refractivity (Wildman–Crippen MR) is 81.9 cm³/mol. The summed E-state index contributed by atoms with van der Waals surface area (Å²) in [7, 11) is 1.98. The van der Waals surface area contributed by atoms with Crippen LogP contribution in [0.2, 0.25) is 0 Å². The van der Waals surface area contributed by atoms with E-state index in [4.69, 9.17) is 0 Å². The van der Waals surface area contributed by atoms with Crippen LogP contribution in [0.4, 0.5) is 18.9 Å². The zero-order valence-corrected chi connectivity index (χ0v) is 13.3. The average molecular weight is 302 g/mol. The van der Waals surface area contributed by atoms with Crippen molar-refractivity contribution < 1.29 is 13.2 Å². The normalized spacial score (nSPS) is 16.4. The van der Waals surface area contributed by atoms with Crippen LogP contribution in [0.1, 0.15) is 31.4 Å².